The molecule has 0 amide bonds. The highest BCUT2D eigenvalue weighted by molar-refractivity contribution is 5.73. The Labute approximate surface area is 127 Å². The zero-order chi connectivity index (χ0) is 15.4. The smallest absolute Gasteiger partial charge is 0.321 e. The van der Waals surface area contributed by atoms with Crippen molar-refractivity contribution in [3.05, 3.63) is 34.9 Å². The summed E-state index contributed by atoms with van der Waals surface area (Å²) in [6.45, 7) is 7.08. The number of benzene rings is 1. The van der Waals surface area contributed by atoms with Crippen molar-refractivity contribution < 1.29 is 9.90 Å². The second kappa shape index (κ2) is 7.05. The van der Waals surface area contributed by atoms with Crippen molar-refractivity contribution in [3.8, 4) is 0 Å². The third-order valence-electron chi connectivity index (χ3n) is 4.57. The van der Waals surface area contributed by atoms with E-state index in [1.54, 1.807) is 7.05 Å². The summed E-state index contributed by atoms with van der Waals surface area (Å²) in [6.07, 6.45) is 2.06. The van der Waals surface area contributed by atoms with E-state index >= 15 is 0 Å². The van der Waals surface area contributed by atoms with Gasteiger partial charge >= 0.3 is 5.97 Å². The molecule has 1 aromatic rings. The summed E-state index contributed by atoms with van der Waals surface area (Å²) in [7, 11) is 1.74. The molecule has 0 radical (unpaired) electrons. The quantitative estimate of drug-likeness (QED) is 0.873. The minimum absolute atomic E-state index is 0.188. The maximum atomic E-state index is 11.3. The lowest BCUT2D eigenvalue weighted by molar-refractivity contribution is -0.141. The van der Waals surface area contributed by atoms with Gasteiger partial charge in [0, 0.05) is 13.1 Å². The van der Waals surface area contributed by atoms with E-state index in [4.69, 9.17) is 0 Å². The van der Waals surface area contributed by atoms with E-state index in [1.165, 1.54) is 16.7 Å². The normalized spacial score (nSPS) is 21.2. The number of piperidine rings is 1. The summed E-state index contributed by atoms with van der Waals surface area (Å²) < 4.78 is 0. The Morgan fingerprint density at radius 2 is 2.19 bits per heavy atom. The fourth-order valence-electron chi connectivity index (χ4n) is 3.23. The van der Waals surface area contributed by atoms with Gasteiger partial charge in [0.1, 0.15) is 6.04 Å². The highest BCUT2D eigenvalue weighted by atomic mass is 16.4. The second-order valence-electron chi connectivity index (χ2n) is 6.16. The van der Waals surface area contributed by atoms with Crippen LogP contribution in [0.2, 0.25) is 0 Å². The van der Waals surface area contributed by atoms with Crippen molar-refractivity contribution in [1.29, 1.82) is 0 Å². The number of carboxylic acid groups (broad SMARTS) is 1. The maximum Gasteiger partial charge on any atom is 0.321 e. The van der Waals surface area contributed by atoms with E-state index in [-0.39, 0.29) is 5.92 Å². The molecule has 2 unspecified atom stereocenters. The number of nitrogens with one attached hydrogen (secondary N) is 1. The lowest BCUT2D eigenvalue weighted by atomic mass is 9.90. The number of aryl methyl sites for hydroxylation is 2. The van der Waals surface area contributed by atoms with Crippen LogP contribution in [0.3, 0.4) is 0 Å². The van der Waals surface area contributed by atoms with Crippen LogP contribution < -0.4 is 5.32 Å². The highest BCUT2D eigenvalue weighted by Crippen LogP contribution is 2.22. The van der Waals surface area contributed by atoms with Crippen molar-refractivity contribution in [2.24, 2.45) is 5.92 Å². The van der Waals surface area contributed by atoms with Crippen molar-refractivity contribution in [2.75, 3.05) is 20.1 Å². The maximum absolute atomic E-state index is 11.3. The summed E-state index contributed by atoms with van der Waals surface area (Å²) >= 11 is 0. The summed E-state index contributed by atoms with van der Waals surface area (Å²) in [5.74, 6) is -0.552. The lowest BCUT2D eigenvalue weighted by Crippen LogP contribution is -2.48. The predicted octanol–water partition coefficient (Wildman–Crippen LogP) is 2.19. The molecule has 0 aliphatic carbocycles. The second-order valence-corrected chi connectivity index (χ2v) is 6.16. The number of rotatable bonds is 5. The number of hydrogen-bond acceptors (Lipinski definition) is 3. The Bertz CT molecular complexity index is 502. The monoisotopic (exact) mass is 290 g/mol. The molecule has 1 saturated heterocycles. The Morgan fingerprint density at radius 3 is 2.81 bits per heavy atom. The number of likely N-dealkylation sites (tertiary alicyclic amines) is 1. The van der Waals surface area contributed by atoms with Gasteiger partial charge in [0.05, 0.1) is 0 Å². The Balaban J connectivity index is 2.00. The minimum Gasteiger partial charge on any atom is -0.480 e. The van der Waals surface area contributed by atoms with Crippen molar-refractivity contribution in [2.45, 2.75) is 39.3 Å². The van der Waals surface area contributed by atoms with E-state index in [0.29, 0.717) is 0 Å². The summed E-state index contributed by atoms with van der Waals surface area (Å²) in [6, 6.07) is 6.15. The number of hydrogen-bond donors (Lipinski definition) is 2. The van der Waals surface area contributed by atoms with Crippen LogP contribution in [0.4, 0.5) is 0 Å². The van der Waals surface area contributed by atoms with Gasteiger partial charge in [-0.05, 0) is 62.9 Å². The van der Waals surface area contributed by atoms with Gasteiger partial charge in [-0.3, -0.25) is 9.69 Å². The number of nitrogens with zero attached hydrogens (tertiary/aromatic N) is 1. The van der Waals surface area contributed by atoms with Crippen molar-refractivity contribution in [3.63, 3.8) is 0 Å². The lowest BCUT2D eigenvalue weighted by Gasteiger charge is -2.35. The van der Waals surface area contributed by atoms with E-state index in [2.05, 4.69) is 42.3 Å². The third-order valence-corrected chi connectivity index (χ3v) is 4.57. The molecule has 0 saturated carbocycles. The van der Waals surface area contributed by atoms with Gasteiger partial charge in [0.25, 0.3) is 0 Å². The molecule has 2 atom stereocenters. The van der Waals surface area contributed by atoms with Gasteiger partial charge in [0.2, 0.25) is 0 Å². The fraction of sp³-hybridized carbons (Fsp3) is 0.588. The van der Waals surface area contributed by atoms with Crippen LogP contribution in [-0.4, -0.2) is 42.2 Å². The van der Waals surface area contributed by atoms with Crippen LogP contribution >= 0.6 is 0 Å². The van der Waals surface area contributed by atoms with E-state index in [1.807, 2.05) is 0 Å². The Morgan fingerprint density at radius 1 is 1.43 bits per heavy atom. The average molecular weight is 290 g/mol. The standard InChI is InChI=1S/C17H26N2O2/c1-12-6-7-14(9-13(12)2)10-19-8-4-5-15(11-19)16(18-3)17(20)21/h6-7,9,15-16,18H,4-5,8,10-11H2,1-3H3,(H,20,21). The molecule has 4 nitrogen and oxygen atoms in total. The third kappa shape index (κ3) is 4.05. The van der Waals surface area contributed by atoms with Gasteiger partial charge in [-0.15, -0.1) is 0 Å². The highest BCUT2D eigenvalue weighted by Gasteiger charge is 2.30. The van der Waals surface area contributed by atoms with Crippen molar-refractivity contribution in [1.82, 2.24) is 10.2 Å². The molecule has 0 spiro atoms. The zero-order valence-corrected chi connectivity index (χ0v) is 13.2. The van der Waals surface area contributed by atoms with Gasteiger partial charge in [-0.1, -0.05) is 18.2 Å². The van der Waals surface area contributed by atoms with Gasteiger partial charge in [-0.2, -0.15) is 0 Å². The Hall–Kier alpha value is -1.39. The largest absolute Gasteiger partial charge is 0.480 e. The molecular formula is C17H26N2O2. The molecular weight excluding hydrogens is 264 g/mol. The van der Waals surface area contributed by atoms with Gasteiger partial charge < -0.3 is 10.4 Å². The van der Waals surface area contributed by atoms with Crippen LogP contribution in [0.15, 0.2) is 18.2 Å². The first-order valence-electron chi connectivity index (χ1n) is 7.70. The van der Waals surface area contributed by atoms with Gasteiger partial charge in [-0.25, -0.2) is 0 Å². The van der Waals surface area contributed by atoms with Crippen LogP contribution in [0, 0.1) is 19.8 Å². The molecule has 2 rings (SSSR count). The van der Waals surface area contributed by atoms with Crippen LogP contribution in [0.1, 0.15) is 29.5 Å². The molecule has 0 bridgehead atoms. The number of aliphatic carboxylic acids is 1. The molecule has 1 heterocycles. The number of carboxylic acids is 1. The first-order valence-corrected chi connectivity index (χ1v) is 7.70. The van der Waals surface area contributed by atoms with E-state index in [0.717, 1.165) is 32.5 Å². The number of likely N-dealkylation sites (N-methyl/N-ethyl adjacent to an activating group) is 1. The first-order chi connectivity index (χ1) is 10.0. The summed E-state index contributed by atoms with van der Waals surface area (Å²) in [5.41, 5.74) is 3.95. The van der Waals surface area contributed by atoms with E-state index < -0.39 is 12.0 Å². The molecule has 2 N–H and O–H groups in total. The molecule has 1 fully saturated rings. The molecule has 0 aromatic heterocycles. The van der Waals surface area contributed by atoms with Crippen LogP contribution in [0.25, 0.3) is 0 Å². The molecule has 21 heavy (non-hydrogen) atoms. The molecule has 4 heteroatoms. The molecule has 116 valence electrons. The summed E-state index contributed by atoms with van der Waals surface area (Å²) in [4.78, 5) is 13.7. The zero-order valence-electron chi connectivity index (χ0n) is 13.2. The van der Waals surface area contributed by atoms with E-state index in [9.17, 15) is 9.90 Å². The summed E-state index contributed by atoms with van der Waals surface area (Å²) in [5, 5.41) is 12.2. The SMILES string of the molecule is CNC(C(=O)O)C1CCCN(Cc2ccc(C)c(C)c2)C1. The van der Waals surface area contributed by atoms with Crippen molar-refractivity contribution >= 4 is 5.97 Å². The predicted molar refractivity (Wildman–Crippen MR) is 84.4 cm³/mol. The van der Waals surface area contributed by atoms with Crippen LogP contribution in [0.5, 0.6) is 0 Å². The van der Waals surface area contributed by atoms with Gasteiger partial charge in [0.15, 0.2) is 0 Å². The fourth-order valence-corrected chi connectivity index (χ4v) is 3.23. The Kier molecular flexibility index (Phi) is 5.37. The number of carbonyl (C=O) groups is 1. The molecule has 1 aliphatic heterocycles. The molecule has 1 aromatic carbocycles. The van der Waals surface area contributed by atoms with Crippen LogP contribution in [-0.2, 0) is 11.3 Å². The average Bonchev–Trinajstić information content (AvgIpc) is 2.44. The molecule has 1 aliphatic rings. The minimum atomic E-state index is -0.740. The topological polar surface area (TPSA) is 52.6 Å². The first kappa shape index (κ1) is 16.0.